The van der Waals surface area contributed by atoms with Gasteiger partial charge in [0.15, 0.2) is 11.4 Å². The maximum Gasteiger partial charge on any atom is 0.356 e. The van der Waals surface area contributed by atoms with Crippen LogP contribution in [0.2, 0.25) is 0 Å². The van der Waals surface area contributed by atoms with Crippen LogP contribution in [0.4, 0.5) is 5.69 Å². The van der Waals surface area contributed by atoms with Gasteiger partial charge in [0, 0.05) is 6.07 Å². The summed E-state index contributed by atoms with van der Waals surface area (Å²) in [6, 6.07) is 9.79. The highest BCUT2D eigenvalue weighted by atomic mass is 16.6. The van der Waals surface area contributed by atoms with Crippen molar-refractivity contribution in [2.24, 2.45) is 0 Å². The summed E-state index contributed by atoms with van der Waals surface area (Å²) < 4.78 is 10.6. The molecule has 2 aromatic carbocycles. The second-order valence-electron chi connectivity index (χ2n) is 6.41. The second-order valence-corrected chi connectivity index (χ2v) is 6.41. The molecule has 12 heteroatoms. The fraction of sp³-hybridized carbons (Fsp3) is 0.150. The number of carboxylic acids is 1. The van der Waals surface area contributed by atoms with Crippen LogP contribution >= 0.6 is 0 Å². The van der Waals surface area contributed by atoms with Crippen molar-refractivity contribution in [1.29, 1.82) is 0 Å². The Hall–Kier alpha value is -4.61. The molecule has 0 unspecified atom stereocenters. The number of ketones is 1. The summed E-state index contributed by atoms with van der Waals surface area (Å²) in [6.45, 7) is -0.0186. The Morgan fingerprint density at radius 3 is 2.38 bits per heavy atom. The third-order valence-electron chi connectivity index (χ3n) is 4.50. The van der Waals surface area contributed by atoms with Gasteiger partial charge < -0.3 is 14.6 Å². The lowest BCUT2D eigenvalue weighted by atomic mass is 10.0. The molecule has 3 aromatic rings. The lowest BCUT2D eigenvalue weighted by molar-refractivity contribution is -0.385. The minimum absolute atomic E-state index is 0.0186. The number of aromatic nitrogens is 3. The first-order valence-electron chi connectivity index (χ1n) is 8.98. The number of esters is 1. The third-order valence-corrected chi connectivity index (χ3v) is 4.50. The van der Waals surface area contributed by atoms with Crippen LogP contribution in [0.5, 0.6) is 5.75 Å². The van der Waals surface area contributed by atoms with E-state index < -0.39 is 45.3 Å². The minimum atomic E-state index is -1.49. The largest absolute Gasteiger partial charge is 0.497 e. The van der Waals surface area contributed by atoms with Gasteiger partial charge in [-0.05, 0) is 29.8 Å². The Labute approximate surface area is 180 Å². The first-order valence-corrected chi connectivity index (χ1v) is 8.98. The van der Waals surface area contributed by atoms with Gasteiger partial charge in [-0.25, -0.2) is 14.3 Å². The molecule has 0 amide bonds. The first kappa shape index (κ1) is 22.1. The van der Waals surface area contributed by atoms with Crippen LogP contribution in [0.3, 0.4) is 0 Å². The Balaban J connectivity index is 2.02. The number of nitro groups is 1. The summed E-state index contributed by atoms with van der Waals surface area (Å²) in [5.74, 6) is -2.74. The molecule has 1 aromatic heterocycles. The van der Waals surface area contributed by atoms with Gasteiger partial charge in [-0.1, -0.05) is 17.3 Å². The van der Waals surface area contributed by atoms with Crippen molar-refractivity contribution in [3.8, 4) is 5.75 Å². The average molecular weight is 440 g/mol. The number of aromatic carboxylic acids is 1. The smallest absolute Gasteiger partial charge is 0.356 e. The van der Waals surface area contributed by atoms with E-state index in [0.29, 0.717) is 11.3 Å². The molecule has 0 aliphatic carbocycles. The molecule has 0 aliphatic rings. The number of methoxy groups -OCH3 is 2. The summed E-state index contributed by atoms with van der Waals surface area (Å²) in [7, 11) is 2.61. The number of hydrogen-bond acceptors (Lipinski definition) is 9. The van der Waals surface area contributed by atoms with Crippen LogP contribution in [-0.2, 0) is 11.3 Å². The average Bonchev–Trinajstić information content (AvgIpc) is 3.21. The maximum absolute atomic E-state index is 13.0. The van der Waals surface area contributed by atoms with Crippen molar-refractivity contribution in [3.63, 3.8) is 0 Å². The first-order chi connectivity index (χ1) is 15.3. The summed E-state index contributed by atoms with van der Waals surface area (Å²) in [4.78, 5) is 47.1. The Kier molecular flexibility index (Phi) is 6.24. The molecular weight excluding hydrogens is 424 g/mol. The Morgan fingerprint density at radius 1 is 1.12 bits per heavy atom. The molecule has 1 N–H and O–H groups in total. The monoisotopic (exact) mass is 440 g/mol. The highest BCUT2D eigenvalue weighted by Crippen LogP contribution is 2.25. The van der Waals surface area contributed by atoms with Crippen LogP contribution < -0.4 is 4.74 Å². The fourth-order valence-corrected chi connectivity index (χ4v) is 2.94. The third kappa shape index (κ3) is 4.28. The van der Waals surface area contributed by atoms with Gasteiger partial charge in [0.1, 0.15) is 11.3 Å². The standard InChI is InChI=1S/C20H16N4O8/c1-31-13-6-3-11(4-7-13)10-23-17(19(26)27)16(21-22-23)18(25)14-8-5-12(20(28)32-2)9-15(14)24(29)30/h3-9H,10H2,1-2H3,(H,26,27). The predicted molar refractivity (Wildman–Crippen MR) is 107 cm³/mol. The van der Waals surface area contributed by atoms with Gasteiger partial charge in [0.25, 0.3) is 5.69 Å². The lowest BCUT2D eigenvalue weighted by Crippen LogP contribution is -2.16. The van der Waals surface area contributed by atoms with Crippen LogP contribution in [0.15, 0.2) is 42.5 Å². The zero-order valence-corrected chi connectivity index (χ0v) is 16.8. The molecule has 0 saturated carbocycles. The van der Waals surface area contributed by atoms with Gasteiger partial charge in [0.2, 0.25) is 5.78 Å². The van der Waals surface area contributed by atoms with Crippen molar-refractivity contribution in [1.82, 2.24) is 15.0 Å². The Morgan fingerprint density at radius 2 is 1.81 bits per heavy atom. The molecule has 164 valence electrons. The van der Waals surface area contributed by atoms with E-state index in [4.69, 9.17) is 4.74 Å². The van der Waals surface area contributed by atoms with E-state index in [0.717, 1.165) is 30.0 Å². The molecule has 0 fully saturated rings. The summed E-state index contributed by atoms with van der Waals surface area (Å²) in [6.07, 6.45) is 0. The second kappa shape index (κ2) is 9.04. The molecule has 0 aliphatic heterocycles. The molecule has 3 rings (SSSR count). The topological polar surface area (TPSA) is 164 Å². The number of nitrogens with zero attached hydrogens (tertiary/aromatic N) is 4. The number of carboxylic acid groups (broad SMARTS) is 1. The van der Waals surface area contributed by atoms with E-state index in [9.17, 15) is 29.6 Å². The number of carbonyl (C=O) groups is 3. The molecule has 0 radical (unpaired) electrons. The van der Waals surface area contributed by atoms with E-state index in [1.54, 1.807) is 24.3 Å². The predicted octanol–water partition coefficient (Wildman–Crippen LogP) is 1.96. The van der Waals surface area contributed by atoms with Crippen molar-refractivity contribution in [2.45, 2.75) is 6.54 Å². The van der Waals surface area contributed by atoms with Gasteiger partial charge >= 0.3 is 11.9 Å². The Bertz CT molecular complexity index is 1220. The number of hydrogen-bond donors (Lipinski definition) is 1. The number of benzene rings is 2. The van der Waals surface area contributed by atoms with Gasteiger partial charge in [-0.15, -0.1) is 5.10 Å². The zero-order chi connectivity index (χ0) is 23.4. The number of carbonyl (C=O) groups excluding carboxylic acids is 2. The normalized spacial score (nSPS) is 10.4. The van der Waals surface area contributed by atoms with Crippen molar-refractivity contribution in [2.75, 3.05) is 14.2 Å². The summed E-state index contributed by atoms with van der Waals surface area (Å²) in [5, 5.41) is 28.5. The molecule has 0 saturated heterocycles. The zero-order valence-electron chi connectivity index (χ0n) is 16.8. The van der Waals surface area contributed by atoms with Crippen LogP contribution in [-0.4, -0.2) is 57.0 Å². The van der Waals surface area contributed by atoms with Crippen molar-refractivity contribution in [3.05, 3.63) is 80.7 Å². The minimum Gasteiger partial charge on any atom is -0.497 e. The van der Waals surface area contributed by atoms with Crippen molar-refractivity contribution < 1.29 is 33.9 Å². The van der Waals surface area contributed by atoms with Crippen LogP contribution in [0, 0.1) is 10.1 Å². The number of ether oxygens (including phenoxy) is 2. The number of nitro benzene ring substituents is 1. The SMILES string of the molecule is COC(=O)c1ccc(C(=O)c2nnn(Cc3ccc(OC)cc3)c2C(=O)O)c([N+](=O)[O-])c1. The molecular formula is C20H16N4O8. The van der Waals surface area contributed by atoms with E-state index in [-0.39, 0.29) is 12.1 Å². The van der Waals surface area contributed by atoms with Crippen LogP contribution in [0.25, 0.3) is 0 Å². The molecule has 0 bridgehead atoms. The molecule has 12 nitrogen and oxygen atoms in total. The molecule has 0 atom stereocenters. The molecule has 1 heterocycles. The molecule has 0 spiro atoms. The van der Waals surface area contributed by atoms with Gasteiger partial charge in [-0.2, -0.15) is 0 Å². The van der Waals surface area contributed by atoms with Gasteiger partial charge in [-0.3, -0.25) is 14.9 Å². The fourth-order valence-electron chi connectivity index (χ4n) is 2.94. The van der Waals surface area contributed by atoms with Gasteiger partial charge in [0.05, 0.1) is 31.3 Å². The quantitative estimate of drug-likeness (QED) is 0.237. The summed E-state index contributed by atoms with van der Waals surface area (Å²) >= 11 is 0. The highest BCUT2D eigenvalue weighted by Gasteiger charge is 2.31. The van der Waals surface area contributed by atoms with Crippen LogP contribution in [0.1, 0.15) is 42.5 Å². The summed E-state index contributed by atoms with van der Waals surface area (Å²) in [5.41, 5.74) is -1.72. The van der Waals surface area contributed by atoms with Crippen molar-refractivity contribution >= 4 is 23.4 Å². The number of rotatable bonds is 8. The van der Waals surface area contributed by atoms with E-state index >= 15 is 0 Å². The highest BCUT2D eigenvalue weighted by molar-refractivity contribution is 6.14. The maximum atomic E-state index is 13.0. The lowest BCUT2D eigenvalue weighted by Gasteiger charge is -2.06. The molecule has 32 heavy (non-hydrogen) atoms. The van der Waals surface area contributed by atoms with E-state index in [1.165, 1.54) is 7.11 Å². The van der Waals surface area contributed by atoms with E-state index in [1.807, 2.05) is 0 Å². The van der Waals surface area contributed by atoms with E-state index in [2.05, 4.69) is 15.0 Å².